The Kier molecular flexibility index (Phi) is 3.41. The third kappa shape index (κ3) is 2.46. The van der Waals surface area contributed by atoms with Gasteiger partial charge in [0.2, 0.25) is 0 Å². The lowest BCUT2D eigenvalue weighted by Gasteiger charge is -2.32. The van der Waals surface area contributed by atoms with Crippen LogP contribution in [0.3, 0.4) is 0 Å². The Balaban J connectivity index is 2.31. The van der Waals surface area contributed by atoms with Gasteiger partial charge in [0.1, 0.15) is 0 Å². The molecular weight excluding hydrogens is 218 g/mol. The van der Waals surface area contributed by atoms with Gasteiger partial charge in [-0.15, -0.1) is 5.10 Å². The van der Waals surface area contributed by atoms with Gasteiger partial charge < -0.3 is 15.8 Å². The maximum Gasteiger partial charge on any atom is 0.173 e. The number of anilines is 1. The molecule has 6 nitrogen and oxygen atoms in total. The van der Waals surface area contributed by atoms with Crippen molar-refractivity contribution in [2.75, 3.05) is 18.0 Å². The third-order valence-corrected chi connectivity index (χ3v) is 3.04. The van der Waals surface area contributed by atoms with Gasteiger partial charge in [-0.3, -0.25) is 0 Å². The van der Waals surface area contributed by atoms with Gasteiger partial charge in [-0.05, 0) is 24.8 Å². The van der Waals surface area contributed by atoms with Crippen LogP contribution in [0.5, 0.6) is 0 Å². The molecule has 1 atom stereocenters. The van der Waals surface area contributed by atoms with E-state index in [0.717, 1.165) is 19.5 Å². The van der Waals surface area contributed by atoms with Crippen molar-refractivity contribution in [2.24, 2.45) is 16.8 Å². The lowest BCUT2D eigenvalue weighted by atomic mass is 10.00. The van der Waals surface area contributed by atoms with E-state index < -0.39 is 0 Å². The molecule has 2 heterocycles. The zero-order valence-corrected chi connectivity index (χ0v) is 9.87. The topological polar surface area (TPSA) is 87.6 Å². The molecule has 0 bridgehead atoms. The largest absolute Gasteiger partial charge is 0.409 e. The minimum Gasteiger partial charge on any atom is -0.409 e. The van der Waals surface area contributed by atoms with E-state index in [4.69, 9.17) is 10.9 Å². The summed E-state index contributed by atoms with van der Waals surface area (Å²) in [5.41, 5.74) is 6.28. The van der Waals surface area contributed by atoms with E-state index in [9.17, 15) is 0 Å². The van der Waals surface area contributed by atoms with Gasteiger partial charge in [0.05, 0.1) is 11.8 Å². The summed E-state index contributed by atoms with van der Waals surface area (Å²) in [6.07, 6.45) is 3.91. The fourth-order valence-corrected chi connectivity index (χ4v) is 2.19. The molecule has 1 unspecified atom stereocenters. The van der Waals surface area contributed by atoms with Crippen molar-refractivity contribution >= 4 is 11.7 Å². The van der Waals surface area contributed by atoms with Crippen molar-refractivity contribution in [3.63, 3.8) is 0 Å². The molecule has 17 heavy (non-hydrogen) atoms. The summed E-state index contributed by atoms with van der Waals surface area (Å²) in [5.74, 6) is 1.41. The Morgan fingerprint density at radius 3 is 3.18 bits per heavy atom. The number of hydrogen-bond acceptors (Lipinski definition) is 5. The molecule has 1 aromatic heterocycles. The van der Waals surface area contributed by atoms with Gasteiger partial charge in [0.15, 0.2) is 11.7 Å². The molecule has 1 aliphatic rings. The van der Waals surface area contributed by atoms with Crippen molar-refractivity contribution in [3.8, 4) is 0 Å². The summed E-state index contributed by atoms with van der Waals surface area (Å²) in [4.78, 5) is 2.15. The van der Waals surface area contributed by atoms with Gasteiger partial charge >= 0.3 is 0 Å². The number of hydrogen-bond donors (Lipinski definition) is 2. The van der Waals surface area contributed by atoms with E-state index in [1.165, 1.54) is 6.42 Å². The quantitative estimate of drug-likeness (QED) is 0.343. The lowest BCUT2D eigenvalue weighted by molar-refractivity contribution is 0.318. The van der Waals surface area contributed by atoms with Gasteiger partial charge in [0.25, 0.3) is 0 Å². The molecule has 0 saturated carbocycles. The highest BCUT2D eigenvalue weighted by Gasteiger charge is 2.21. The average molecular weight is 235 g/mol. The molecule has 0 aromatic carbocycles. The molecule has 6 heteroatoms. The average Bonchev–Trinajstić information content (AvgIpc) is 2.38. The first-order valence-electron chi connectivity index (χ1n) is 5.77. The zero-order valence-electron chi connectivity index (χ0n) is 9.87. The number of aromatic nitrogens is 2. The first kappa shape index (κ1) is 11.6. The van der Waals surface area contributed by atoms with Crippen molar-refractivity contribution < 1.29 is 5.21 Å². The maximum atomic E-state index is 8.76. The molecule has 2 rings (SSSR count). The van der Waals surface area contributed by atoms with Gasteiger partial charge in [-0.1, -0.05) is 12.1 Å². The molecule has 0 radical (unpaired) electrons. The Morgan fingerprint density at radius 1 is 1.65 bits per heavy atom. The summed E-state index contributed by atoms with van der Waals surface area (Å²) < 4.78 is 0. The van der Waals surface area contributed by atoms with Crippen LogP contribution in [-0.2, 0) is 0 Å². The second kappa shape index (κ2) is 4.99. The molecule has 0 amide bonds. The predicted molar refractivity (Wildman–Crippen MR) is 65.2 cm³/mol. The monoisotopic (exact) mass is 235 g/mol. The molecule has 1 aliphatic heterocycles. The van der Waals surface area contributed by atoms with E-state index in [1.54, 1.807) is 12.3 Å². The molecule has 0 spiro atoms. The number of rotatable bonds is 2. The number of amidine groups is 1. The normalized spacial score (nSPS) is 21.6. The minimum atomic E-state index is 0.0770. The standard InChI is InChI=1S/C11H17N5O/c1-8-3-2-6-16(7-8)11-9(10(12)15-17)4-5-13-14-11/h4-5,8,17H,2-3,6-7H2,1H3,(H2,12,15). The highest BCUT2D eigenvalue weighted by atomic mass is 16.4. The van der Waals surface area contributed by atoms with E-state index in [-0.39, 0.29) is 5.84 Å². The summed E-state index contributed by atoms with van der Waals surface area (Å²) in [6, 6.07) is 1.72. The van der Waals surface area contributed by atoms with E-state index in [2.05, 4.69) is 27.2 Å². The summed E-state index contributed by atoms with van der Waals surface area (Å²) in [5, 5.41) is 19.8. The zero-order chi connectivity index (χ0) is 12.3. The van der Waals surface area contributed by atoms with E-state index >= 15 is 0 Å². The number of oxime groups is 1. The Hall–Kier alpha value is -1.85. The number of piperidine rings is 1. The van der Waals surface area contributed by atoms with Crippen molar-refractivity contribution in [1.82, 2.24) is 10.2 Å². The molecule has 3 N–H and O–H groups in total. The van der Waals surface area contributed by atoms with Crippen LogP contribution in [0.2, 0.25) is 0 Å². The van der Waals surface area contributed by atoms with Crippen molar-refractivity contribution in [3.05, 3.63) is 17.8 Å². The van der Waals surface area contributed by atoms with Crippen molar-refractivity contribution in [2.45, 2.75) is 19.8 Å². The molecular formula is C11H17N5O. The summed E-state index contributed by atoms with van der Waals surface area (Å²) in [7, 11) is 0. The van der Waals surface area contributed by atoms with Crippen LogP contribution in [0, 0.1) is 5.92 Å². The molecule has 1 aromatic rings. The second-order valence-corrected chi connectivity index (χ2v) is 4.45. The lowest BCUT2D eigenvalue weighted by Crippen LogP contribution is -2.36. The first-order valence-corrected chi connectivity index (χ1v) is 5.77. The summed E-state index contributed by atoms with van der Waals surface area (Å²) in [6.45, 7) is 4.09. The highest BCUT2D eigenvalue weighted by Crippen LogP contribution is 2.23. The minimum absolute atomic E-state index is 0.0770. The first-order chi connectivity index (χ1) is 8.22. The molecule has 1 saturated heterocycles. The fraction of sp³-hybridized carbons (Fsp3) is 0.545. The summed E-state index contributed by atoms with van der Waals surface area (Å²) >= 11 is 0. The van der Waals surface area contributed by atoms with Crippen LogP contribution in [0.4, 0.5) is 5.82 Å². The van der Waals surface area contributed by atoms with Gasteiger partial charge in [-0.2, -0.15) is 5.10 Å². The van der Waals surface area contributed by atoms with E-state index in [0.29, 0.717) is 17.3 Å². The Morgan fingerprint density at radius 2 is 2.47 bits per heavy atom. The van der Waals surface area contributed by atoms with Crippen LogP contribution in [0.15, 0.2) is 17.4 Å². The van der Waals surface area contributed by atoms with Crippen LogP contribution in [0.1, 0.15) is 25.3 Å². The number of nitrogens with two attached hydrogens (primary N) is 1. The van der Waals surface area contributed by atoms with Gasteiger partial charge in [-0.25, -0.2) is 0 Å². The SMILES string of the molecule is CC1CCCN(c2nnccc2/C(N)=N/O)C1. The fourth-order valence-electron chi connectivity index (χ4n) is 2.19. The van der Waals surface area contributed by atoms with Gasteiger partial charge in [0, 0.05) is 13.1 Å². The van der Waals surface area contributed by atoms with Crippen LogP contribution < -0.4 is 10.6 Å². The molecule has 0 aliphatic carbocycles. The predicted octanol–water partition coefficient (Wildman–Crippen LogP) is 0.807. The molecule has 1 fully saturated rings. The third-order valence-electron chi connectivity index (χ3n) is 3.04. The van der Waals surface area contributed by atoms with Crippen LogP contribution in [-0.4, -0.2) is 34.3 Å². The Labute approximate surface area is 100 Å². The molecule has 92 valence electrons. The van der Waals surface area contributed by atoms with Crippen molar-refractivity contribution in [1.29, 1.82) is 0 Å². The van der Waals surface area contributed by atoms with Crippen LogP contribution >= 0.6 is 0 Å². The Bertz CT molecular complexity index is 420. The maximum absolute atomic E-state index is 8.76. The smallest absolute Gasteiger partial charge is 0.173 e. The second-order valence-electron chi connectivity index (χ2n) is 4.45. The highest BCUT2D eigenvalue weighted by molar-refractivity contribution is 6.01. The van der Waals surface area contributed by atoms with E-state index in [1.807, 2.05) is 0 Å². The van der Waals surface area contributed by atoms with Crippen LogP contribution in [0.25, 0.3) is 0 Å². The number of nitrogens with zero attached hydrogens (tertiary/aromatic N) is 4.